The van der Waals surface area contributed by atoms with Crippen LogP contribution >= 0.6 is 0 Å². The molecule has 1 rings (SSSR count). The normalized spacial score (nSPS) is 34.2. The van der Waals surface area contributed by atoms with Gasteiger partial charge in [0.15, 0.2) is 0 Å². The molecule has 1 aliphatic carbocycles. The maximum atomic E-state index is 12.3. The van der Waals surface area contributed by atoms with E-state index in [2.05, 4.69) is 0 Å². The third kappa shape index (κ3) is 1.97. The van der Waals surface area contributed by atoms with Gasteiger partial charge >= 0.3 is 0 Å². The smallest absolute Gasteiger partial charge is 0.126 e. The number of hydrogen-bond acceptors (Lipinski definition) is 0. The van der Waals surface area contributed by atoms with E-state index in [1.165, 1.54) is 24.3 Å². The highest BCUT2D eigenvalue weighted by molar-refractivity contribution is 5.30. The lowest BCUT2D eigenvalue weighted by Crippen LogP contribution is -1.71. The topological polar surface area (TPSA) is 0 Å². The highest BCUT2D eigenvalue weighted by Gasteiger charge is 1.92. The molecule has 2 heteroatoms. The van der Waals surface area contributed by atoms with Gasteiger partial charge in [-0.2, -0.15) is 0 Å². The Kier molecular flexibility index (Phi) is 2.15. The molecule has 10 heavy (non-hydrogen) atoms. The number of hydrogen-bond donors (Lipinski definition) is 0. The standard InChI is InChI=1S/C8H6F2/c9-7-4-2-1-3-5-8(10)6-7/h1-6H/b2-1-,3-1?,4-2?,5-3-,7-4+,7-6?,8-5?,8-6+. The van der Waals surface area contributed by atoms with Crippen molar-refractivity contribution in [1.82, 2.24) is 0 Å². The first-order valence-electron chi connectivity index (χ1n) is 2.87. The van der Waals surface area contributed by atoms with E-state index in [1.807, 2.05) is 0 Å². The van der Waals surface area contributed by atoms with Crippen LogP contribution in [0.25, 0.3) is 0 Å². The van der Waals surface area contributed by atoms with Gasteiger partial charge in [0.25, 0.3) is 0 Å². The van der Waals surface area contributed by atoms with Crippen molar-refractivity contribution in [3.8, 4) is 0 Å². The largest absolute Gasteiger partial charge is 0.207 e. The fourth-order valence-corrected chi connectivity index (χ4v) is 0.587. The van der Waals surface area contributed by atoms with Gasteiger partial charge in [-0.3, -0.25) is 0 Å². The third-order valence-corrected chi connectivity index (χ3v) is 1.01. The lowest BCUT2D eigenvalue weighted by molar-refractivity contribution is 0.630. The maximum Gasteiger partial charge on any atom is 0.126 e. The maximum absolute atomic E-state index is 12.3. The van der Waals surface area contributed by atoms with Crippen molar-refractivity contribution < 1.29 is 8.78 Å². The first kappa shape index (κ1) is 6.93. The summed E-state index contributed by atoms with van der Waals surface area (Å²) in [5, 5.41) is 0. The Labute approximate surface area is 57.9 Å². The highest BCUT2D eigenvalue weighted by atomic mass is 19.1. The molecule has 0 aromatic rings. The molecule has 0 amide bonds. The van der Waals surface area contributed by atoms with Crippen LogP contribution in [0.15, 0.2) is 48.1 Å². The fraction of sp³-hybridized carbons (Fsp3) is 0. The molecule has 0 aromatic heterocycles. The summed E-state index contributed by atoms with van der Waals surface area (Å²) in [5.41, 5.74) is 0. The molecule has 0 N–H and O–H groups in total. The molecule has 0 spiro atoms. The molecule has 0 unspecified atom stereocenters. The first-order valence-corrected chi connectivity index (χ1v) is 2.87. The van der Waals surface area contributed by atoms with Crippen LogP contribution in [0.5, 0.6) is 0 Å². The summed E-state index contributed by atoms with van der Waals surface area (Å²) in [7, 11) is 0. The monoisotopic (exact) mass is 140 g/mol. The molecule has 0 fully saturated rings. The van der Waals surface area contributed by atoms with E-state index in [9.17, 15) is 8.78 Å². The number of rotatable bonds is 0. The fourth-order valence-electron chi connectivity index (χ4n) is 0.587. The Balaban J connectivity index is 2.89. The van der Waals surface area contributed by atoms with Crippen LogP contribution in [0, 0.1) is 0 Å². The van der Waals surface area contributed by atoms with E-state index in [0.717, 1.165) is 6.08 Å². The Morgan fingerprint density at radius 1 is 0.900 bits per heavy atom. The Morgan fingerprint density at radius 2 is 1.70 bits per heavy atom. The van der Waals surface area contributed by atoms with Crippen molar-refractivity contribution in [2.24, 2.45) is 0 Å². The van der Waals surface area contributed by atoms with Gasteiger partial charge in [0.2, 0.25) is 0 Å². The molecule has 52 valence electrons. The van der Waals surface area contributed by atoms with Crippen molar-refractivity contribution in [3.63, 3.8) is 0 Å². The van der Waals surface area contributed by atoms with Crippen LogP contribution in [0.1, 0.15) is 0 Å². The molecule has 0 aromatic carbocycles. The summed E-state index contributed by atoms with van der Waals surface area (Å²) in [6, 6.07) is 0. The average Bonchev–Trinajstić information content (AvgIpc) is 1.83. The van der Waals surface area contributed by atoms with Crippen LogP contribution in [-0.4, -0.2) is 0 Å². The van der Waals surface area contributed by atoms with Crippen LogP contribution in [0.3, 0.4) is 0 Å². The predicted octanol–water partition coefficient (Wildman–Crippen LogP) is 2.82. The van der Waals surface area contributed by atoms with Crippen molar-refractivity contribution >= 4 is 0 Å². The van der Waals surface area contributed by atoms with Gasteiger partial charge in [0.1, 0.15) is 11.7 Å². The van der Waals surface area contributed by atoms with Crippen molar-refractivity contribution in [1.29, 1.82) is 0 Å². The minimum absolute atomic E-state index is 0.571. The lowest BCUT2D eigenvalue weighted by Gasteiger charge is -1.88. The zero-order valence-electron chi connectivity index (χ0n) is 5.22. The van der Waals surface area contributed by atoms with Crippen LogP contribution < -0.4 is 0 Å². The van der Waals surface area contributed by atoms with Crippen molar-refractivity contribution in [2.75, 3.05) is 0 Å². The quantitative estimate of drug-likeness (QED) is 0.485. The van der Waals surface area contributed by atoms with Gasteiger partial charge in [-0.25, -0.2) is 8.78 Å². The molecule has 0 saturated carbocycles. The summed E-state index contributed by atoms with van der Waals surface area (Å²) >= 11 is 0. The second-order valence-corrected chi connectivity index (χ2v) is 1.82. The van der Waals surface area contributed by atoms with E-state index >= 15 is 0 Å². The SMILES string of the molecule is FC1=C/C(F)=C\C=C/C=C\1. The van der Waals surface area contributed by atoms with Crippen LogP contribution in [-0.2, 0) is 0 Å². The second-order valence-electron chi connectivity index (χ2n) is 1.82. The van der Waals surface area contributed by atoms with E-state index in [1.54, 1.807) is 6.08 Å². The van der Waals surface area contributed by atoms with Gasteiger partial charge in [-0.05, 0) is 12.2 Å². The molecule has 0 atom stereocenters. The zero-order valence-corrected chi connectivity index (χ0v) is 5.22. The van der Waals surface area contributed by atoms with Crippen molar-refractivity contribution in [2.45, 2.75) is 0 Å². The molecule has 0 nitrogen and oxygen atoms in total. The van der Waals surface area contributed by atoms with E-state index in [4.69, 9.17) is 0 Å². The summed E-state index contributed by atoms with van der Waals surface area (Å²) in [5.74, 6) is -1.14. The molecular formula is C8H6F2. The highest BCUT2D eigenvalue weighted by Crippen LogP contribution is 2.09. The Hall–Kier alpha value is -1.18. The average molecular weight is 140 g/mol. The third-order valence-electron chi connectivity index (χ3n) is 1.01. The molecule has 0 bridgehead atoms. The molecule has 0 radical (unpaired) electrons. The van der Waals surface area contributed by atoms with Gasteiger partial charge in [0, 0.05) is 6.08 Å². The molecule has 0 heterocycles. The minimum atomic E-state index is -0.571. The summed E-state index contributed by atoms with van der Waals surface area (Å²) in [6.45, 7) is 0. The summed E-state index contributed by atoms with van der Waals surface area (Å²) < 4.78 is 24.7. The van der Waals surface area contributed by atoms with Gasteiger partial charge in [-0.15, -0.1) is 0 Å². The minimum Gasteiger partial charge on any atom is -0.207 e. The second kappa shape index (κ2) is 3.11. The van der Waals surface area contributed by atoms with Crippen molar-refractivity contribution in [3.05, 3.63) is 48.1 Å². The van der Waals surface area contributed by atoms with Crippen LogP contribution in [0.2, 0.25) is 0 Å². The molecule has 1 aliphatic rings. The summed E-state index contributed by atoms with van der Waals surface area (Å²) in [6.07, 6.45) is 7.81. The Bertz CT molecular complexity index is 229. The molecular weight excluding hydrogens is 134 g/mol. The zero-order chi connectivity index (χ0) is 7.40. The number of halogens is 2. The first-order chi connectivity index (χ1) is 4.79. The van der Waals surface area contributed by atoms with Crippen LogP contribution in [0.4, 0.5) is 8.78 Å². The van der Waals surface area contributed by atoms with E-state index < -0.39 is 11.7 Å². The Morgan fingerprint density at radius 3 is 2.50 bits per heavy atom. The lowest BCUT2D eigenvalue weighted by atomic mass is 10.3. The molecule has 0 saturated heterocycles. The van der Waals surface area contributed by atoms with E-state index in [0.29, 0.717) is 0 Å². The van der Waals surface area contributed by atoms with Gasteiger partial charge in [-0.1, -0.05) is 18.2 Å². The number of allylic oxidation sites excluding steroid dienone is 8. The van der Waals surface area contributed by atoms with E-state index in [-0.39, 0.29) is 0 Å². The molecule has 0 aliphatic heterocycles. The summed E-state index contributed by atoms with van der Waals surface area (Å²) in [4.78, 5) is 0. The van der Waals surface area contributed by atoms with Gasteiger partial charge in [0.05, 0.1) is 0 Å². The predicted molar refractivity (Wildman–Crippen MR) is 36.7 cm³/mol. The van der Waals surface area contributed by atoms with Gasteiger partial charge < -0.3 is 0 Å².